The molecule has 1 aliphatic heterocycles. The van der Waals surface area contributed by atoms with Crippen LogP contribution >= 0.6 is 0 Å². The number of carbonyl (C=O) groups is 1. The van der Waals surface area contributed by atoms with E-state index in [2.05, 4.69) is 22.3 Å². The summed E-state index contributed by atoms with van der Waals surface area (Å²) in [7, 11) is 1.38. The summed E-state index contributed by atoms with van der Waals surface area (Å²) in [5, 5.41) is 7.40. The minimum atomic E-state index is -0.455. The molecule has 1 atom stereocenters. The lowest BCUT2D eigenvalue weighted by Crippen LogP contribution is -2.29. The van der Waals surface area contributed by atoms with E-state index >= 15 is 0 Å². The number of nitrogens with one attached hydrogen (secondary N) is 1. The molecular weight excluding hydrogens is 320 g/mol. The number of nitrogens with zero attached hydrogens (tertiary/aromatic N) is 3. The number of hydrogen-bond acceptors (Lipinski definition) is 6. The first-order chi connectivity index (χ1) is 12.2. The molecule has 0 amide bonds. The van der Waals surface area contributed by atoms with Crippen LogP contribution in [0.3, 0.4) is 0 Å². The first-order valence-electron chi connectivity index (χ1n) is 8.34. The lowest BCUT2D eigenvalue weighted by atomic mass is 9.95. The molecule has 0 saturated heterocycles. The molecule has 0 aliphatic carbocycles. The van der Waals surface area contributed by atoms with Crippen molar-refractivity contribution in [3.8, 4) is 5.75 Å². The van der Waals surface area contributed by atoms with E-state index in [0.29, 0.717) is 23.8 Å². The molecular formula is C18H22N4O3. The highest BCUT2D eigenvalue weighted by molar-refractivity contribution is 5.92. The van der Waals surface area contributed by atoms with Crippen molar-refractivity contribution in [3.63, 3.8) is 0 Å². The number of fused-ring (bicyclic) bond motifs is 1. The first kappa shape index (κ1) is 17.0. The summed E-state index contributed by atoms with van der Waals surface area (Å²) in [5.41, 5.74) is 2.04. The molecule has 0 bridgehead atoms. The zero-order valence-corrected chi connectivity index (χ0v) is 14.7. The van der Waals surface area contributed by atoms with Crippen molar-refractivity contribution in [3.05, 3.63) is 47.4 Å². The summed E-state index contributed by atoms with van der Waals surface area (Å²) < 4.78 is 12.6. The van der Waals surface area contributed by atoms with E-state index in [4.69, 9.17) is 9.47 Å². The highest BCUT2D eigenvalue weighted by Crippen LogP contribution is 2.39. The number of anilines is 1. The Kier molecular flexibility index (Phi) is 5.02. The molecule has 1 N–H and O–H groups in total. The second-order valence-corrected chi connectivity index (χ2v) is 5.83. The third-order valence-electron chi connectivity index (χ3n) is 4.17. The second kappa shape index (κ2) is 7.38. The second-order valence-electron chi connectivity index (χ2n) is 5.83. The van der Waals surface area contributed by atoms with Gasteiger partial charge in [0.05, 0.1) is 19.3 Å². The zero-order valence-electron chi connectivity index (χ0n) is 14.7. The van der Waals surface area contributed by atoms with Gasteiger partial charge in [0.2, 0.25) is 5.95 Å². The van der Waals surface area contributed by atoms with Crippen LogP contribution in [0.25, 0.3) is 0 Å². The van der Waals surface area contributed by atoms with Crippen LogP contribution in [0.15, 0.2) is 41.9 Å². The highest BCUT2D eigenvalue weighted by Gasteiger charge is 2.35. The SMILES string of the molecule is CCCCOc1ccccc1[C@@H]1C(C(=O)OC)=C(C)Nc2ncnn21. The summed E-state index contributed by atoms with van der Waals surface area (Å²) in [6.07, 6.45) is 3.48. The van der Waals surface area contributed by atoms with Gasteiger partial charge in [-0.05, 0) is 19.4 Å². The third kappa shape index (κ3) is 3.22. The molecule has 0 fully saturated rings. The zero-order chi connectivity index (χ0) is 17.8. The van der Waals surface area contributed by atoms with Crippen LogP contribution in [0.4, 0.5) is 5.95 Å². The normalized spacial score (nSPS) is 16.2. The monoisotopic (exact) mass is 342 g/mol. The van der Waals surface area contributed by atoms with Crippen LogP contribution in [0.2, 0.25) is 0 Å². The fraction of sp³-hybridized carbons (Fsp3) is 0.389. The molecule has 0 unspecified atom stereocenters. The molecule has 7 heteroatoms. The van der Waals surface area contributed by atoms with Crippen molar-refractivity contribution in [2.75, 3.05) is 19.0 Å². The van der Waals surface area contributed by atoms with Crippen LogP contribution in [-0.2, 0) is 9.53 Å². The number of benzene rings is 1. The Labute approximate surface area is 146 Å². The Hall–Kier alpha value is -2.83. The maximum absolute atomic E-state index is 12.4. The number of aromatic nitrogens is 3. The summed E-state index contributed by atoms with van der Waals surface area (Å²) in [6.45, 7) is 4.57. The van der Waals surface area contributed by atoms with Crippen molar-refractivity contribution in [1.29, 1.82) is 0 Å². The molecule has 2 heterocycles. The van der Waals surface area contributed by atoms with Gasteiger partial charge in [-0.2, -0.15) is 10.1 Å². The number of para-hydroxylation sites is 1. The number of esters is 1. The lowest BCUT2D eigenvalue weighted by molar-refractivity contribution is -0.136. The van der Waals surface area contributed by atoms with E-state index in [1.165, 1.54) is 13.4 Å². The van der Waals surface area contributed by atoms with Crippen LogP contribution in [0.5, 0.6) is 5.75 Å². The van der Waals surface area contributed by atoms with E-state index in [1.807, 2.05) is 31.2 Å². The van der Waals surface area contributed by atoms with E-state index < -0.39 is 12.0 Å². The molecule has 0 radical (unpaired) electrons. The van der Waals surface area contributed by atoms with Gasteiger partial charge in [-0.1, -0.05) is 31.5 Å². The Morgan fingerprint density at radius 3 is 2.92 bits per heavy atom. The van der Waals surface area contributed by atoms with Crippen molar-refractivity contribution in [2.45, 2.75) is 32.7 Å². The standard InChI is InChI=1S/C18H22N4O3/c1-4-5-10-25-14-9-7-6-8-13(14)16-15(17(23)24-3)12(2)21-18-19-11-20-22(16)18/h6-9,11,16H,4-5,10H2,1-3H3,(H,19,20,21)/t16-/m1/s1. The maximum atomic E-state index is 12.4. The van der Waals surface area contributed by atoms with Crippen LogP contribution in [0.1, 0.15) is 38.3 Å². The molecule has 1 aromatic carbocycles. The van der Waals surface area contributed by atoms with E-state index in [9.17, 15) is 4.79 Å². The van der Waals surface area contributed by atoms with Gasteiger partial charge < -0.3 is 14.8 Å². The summed E-state index contributed by atoms with van der Waals surface area (Å²) in [5.74, 6) is 0.913. The number of rotatable bonds is 6. The number of ether oxygens (including phenoxy) is 2. The summed E-state index contributed by atoms with van der Waals surface area (Å²) in [6, 6.07) is 7.24. The number of methoxy groups -OCH3 is 1. The molecule has 0 spiro atoms. The molecule has 7 nitrogen and oxygen atoms in total. The highest BCUT2D eigenvalue weighted by atomic mass is 16.5. The average molecular weight is 342 g/mol. The Morgan fingerprint density at radius 2 is 2.16 bits per heavy atom. The van der Waals surface area contributed by atoms with Crippen molar-refractivity contribution in [2.24, 2.45) is 0 Å². The van der Waals surface area contributed by atoms with Gasteiger partial charge in [0, 0.05) is 11.3 Å². The summed E-state index contributed by atoms with van der Waals surface area (Å²) >= 11 is 0. The van der Waals surface area contributed by atoms with Gasteiger partial charge in [0.25, 0.3) is 0 Å². The number of hydrogen-bond donors (Lipinski definition) is 1. The topological polar surface area (TPSA) is 78.3 Å². The van der Waals surface area contributed by atoms with E-state index in [0.717, 1.165) is 24.2 Å². The predicted octanol–water partition coefficient (Wildman–Crippen LogP) is 2.92. The van der Waals surface area contributed by atoms with Gasteiger partial charge in [-0.15, -0.1) is 0 Å². The molecule has 1 aromatic heterocycles. The Morgan fingerprint density at radius 1 is 1.36 bits per heavy atom. The number of carbonyl (C=O) groups excluding carboxylic acids is 1. The molecule has 25 heavy (non-hydrogen) atoms. The number of allylic oxidation sites excluding steroid dienone is 1. The van der Waals surface area contributed by atoms with Crippen molar-refractivity contribution in [1.82, 2.24) is 14.8 Å². The van der Waals surface area contributed by atoms with Crippen LogP contribution in [0, 0.1) is 0 Å². The van der Waals surface area contributed by atoms with Gasteiger partial charge in [0.15, 0.2) is 0 Å². The van der Waals surface area contributed by atoms with Crippen LogP contribution < -0.4 is 10.1 Å². The fourth-order valence-electron chi connectivity index (χ4n) is 2.92. The largest absolute Gasteiger partial charge is 0.493 e. The first-order valence-corrected chi connectivity index (χ1v) is 8.34. The Balaban J connectivity index is 2.09. The third-order valence-corrected chi connectivity index (χ3v) is 4.17. The fourth-order valence-corrected chi connectivity index (χ4v) is 2.92. The smallest absolute Gasteiger partial charge is 0.338 e. The molecule has 2 aromatic rings. The minimum Gasteiger partial charge on any atom is -0.493 e. The number of unbranched alkanes of at least 4 members (excludes halogenated alkanes) is 1. The average Bonchev–Trinajstić information content (AvgIpc) is 3.08. The quantitative estimate of drug-likeness (QED) is 0.642. The molecule has 0 saturated carbocycles. The van der Waals surface area contributed by atoms with Crippen LogP contribution in [-0.4, -0.2) is 34.5 Å². The lowest BCUT2D eigenvalue weighted by Gasteiger charge is -2.29. The predicted molar refractivity (Wildman–Crippen MR) is 93.3 cm³/mol. The van der Waals surface area contributed by atoms with Gasteiger partial charge >= 0.3 is 5.97 Å². The van der Waals surface area contributed by atoms with Gasteiger partial charge in [-0.25, -0.2) is 9.48 Å². The Bertz CT molecular complexity index is 797. The van der Waals surface area contributed by atoms with Crippen molar-refractivity contribution < 1.29 is 14.3 Å². The van der Waals surface area contributed by atoms with E-state index in [-0.39, 0.29) is 0 Å². The van der Waals surface area contributed by atoms with Gasteiger partial charge in [-0.3, -0.25) is 0 Å². The molecule has 132 valence electrons. The van der Waals surface area contributed by atoms with Gasteiger partial charge in [0.1, 0.15) is 18.1 Å². The maximum Gasteiger partial charge on any atom is 0.338 e. The summed E-state index contributed by atoms with van der Waals surface area (Å²) in [4.78, 5) is 16.7. The molecule has 1 aliphatic rings. The molecule has 3 rings (SSSR count). The minimum absolute atomic E-state index is 0.403. The van der Waals surface area contributed by atoms with E-state index in [1.54, 1.807) is 4.68 Å². The van der Waals surface area contributed by atoms with Crippen molar-refractivity contribution >= 4 is 11.9 Å².